The van der Waals surface area contributed by atoms with E-state index in [1.165, 1.54) is 24.9 Å². The number of hydrogen-bond acceptors (Lipinski definition) is 2. The molecule has 0 bridgehead atoms. The molecule has 2 nitrogen and oxygen atoms in total. The van der Waals surface area contributed by atoms with Crippen LogP contribution in [0.3, 0.4) is 0 Å². The molecule has 1 unspecified atom stereocenters. The van der Waals surface area contributed by atoms with Crippen molar-refractivity contribution in [3.63, 3.8) is 0 Å². The summed E-state index contributed by atoms with van der Waals surface area (Å²) < 4.78 is 0. The number of anilines is 1. The zero-order valence-corrected chi connectivity index (χ0v) is 10.2. The molecule has 16 heavy (non-hydrogen) atoms. The van der Waals surface area contributed by atoms with Crippen LogP contribution in [0.2, 0.25) is 0 Å². The van der Waals surface area contributed by atoms with Gasteiger partial charge in [0.25, 0.3) is 0 Å². The summed E-state index contributed by atoms with van der Waals surface area (Å²) >= 11 is 0. The number of hydrogen-bond donors (Lipinski definition) is 1. The molecule has 0 aromatic heterocycles. The van der Waals surface area contributed by atoms with E-state index >= 15 is 0 Å². The Balaban J connectivity index is 2.04. The molecular weight excluding hydrogens is 196 g/mol. The second kappa shape index (κ2) is 5.90. The summed E-state index contributed by atoms with van der Waals surface area (Å²) in [5.41, 5.74) is 1.38. The summed E-state index contributed by atoms with van der Waals surface area (Å²) in [5.74, 6) is 0. The van der Waals surface area contributed by atoms with Crippen LogP contribution in [0, 0.1) is 0 Å². The molecule has 0 spiro atoms. The average molecular weight is 218 g/mol. The molecular formula is C14H22N2. The van der Waals surface area contributed by atoms with Gasteiger partial charge in [-0.25, -0.2) is 0 Å². The Kier molecular flexibility index (Phi) is 4.23. The Bertz CT molecular complexity index is 297. The summed E-state index contributed by atoms with van der Waals surface area (Å²) in [7, 11) is 0. The van der Waals surface area contributed by atoms with Gasteiger partial charge in [-0.05, 0) is 18.6 Å². The van der Waals surface area contributed by atoms with Gasteiger partial charge in [-0.15, -0.1) is 0 Å². The van der Waals surface area contributed by atoms with Gasteiger partial charge >= 0.3 is 0 Å². The maximum atomic E-state index is 3.50. The lowest BCUT2D eigenvalue weighted by Crippen LogP contribution is -2.51. The van der Waals surface area contributed by atoms with Crippen LogP contribution >= 0.6 is 0 Å². The van der Waals surface area contributed by atoms with Crippen molar-refractivity contribution in [2.24, 2.45) is 0 Å². The highest BCUT2D eigenvalue weighted by molar-refractivity contribution is 5.47. The van der Waals surface area contributed by atoms with Crippen molar-refractivity contribution in [3.05, 3.63) is 30.3 Å². The lowest BCUT2D eigenvalue weighted by Gasteiger charge is -2.38. The van der Waals surface area contributed by atoms with Crippen molar-refractivity contribution in [2.75, 3.05) is 24.5 Å². The van der Waals surface area contributed by atoms with Gasteiger partial charge in [0.15, 0.2) is 0 Å². The fourth-order valence-corrected chi connectivity index (χ4v) is 2.42. The van der Waals surface area contributed by atoms with Crippen LogP contribution in [0.1, 0.15) is 26.2 Å². The molecule has 1 aliphatic rings. The van der Waals surface area contributed by atoms with Crippen molar-refractivity contribution in [3.8, 4) is 0 Å². The van der Waals surface area contributed by atoms with Gasteiger partial charge in [-0.3, -0.25) is 0 Å². The number of rotatable bonds is 4. The van der Waals surface area contributed by atoms with Crippen LogP contribution < -0.4 is 10.2 Å². The molecule has 0 aliphatic carbocycles. The SMILES string of the molecule is CCCCC1CNCCN1c1ccccc1. The highest BCUT2D eigenvalue weighted by Crippen LogP contribution is 2.20. The van der Waals surface area contributed by atoms with E-state index in [-0.39, 0.29) is 0 Å². The summed E-state index contributed by atoms with van der Waals surface area (Å²) in [6, 6.07) is 11.5. The first kappa shape index (κ1) is 11.5. The van der Waals surface area contributed by atoms with E-state index in [0.717, 1.165) is 19.6 Å². The number of para-hydroxylation sites is 1. The summed E-state index contributed by atoms with van der Waals surface area (Å²) in [6.45, 7) is 5.65. The average Bonchev–Trinajstić information content (AvgIpc) is 2.38. The number of nitrogens with zero attached hydrogens (tertiary/aromatic N) is 1. The Morgan fingerprint density at radius 3 is 2.88 bits per heavy atom. The lowest BCUT2D eigenvalue weighted by molar-refractivity contribution is 0.443. The maximum absolute atomic E-state index is 3.50. The first-order valence-electron chi connectivity index (χ1n) is 6.44. The third-order valence-corrected chi connectivity index (χ3v) is 3.33. The van der Waals surface area contributed by atoms with Crippen molar-refractivity contribution >= 4 is 5.69 Å². The van der Waals surface area contributed by atoms with Crippen LogP contribution in [0.25, 0.3) is 0 Å². The van der Waals surface area contributed by atoms with E-state index < -0.39 is 0 Å². The monoisotopic (exact) mass is 218 g/mol. The second-order valence-electron chi connectivity index (χ2n) is 4.53. The third kappa shape index (κ3) is 2.76. The van der Waals surface area contributed by atoms with Gasteiger partial charge in [-0.2, -0.15) is 0 Å². The van der Waals surface area contributed by atoms with Crippen LogP contribution in [0.5, 0.6) is 0 Å². The van der Waals surface area contributed by atoms with E-state index in [2.05, 4.69) is 47.5 Å². The molecule has 1 atom stereocenters. The highest BCUT2D eigenvalue weighted by Gasteiger charge is 2.21. The molecule has 88 valence electrons. The van der Waals surface area contributed by atoms with E-state index in [9.17, 15) is 0 Å². The third-order valence-electron chi connectivity index (χ3n) is 3.33. The Morgan fingerprint density at radius 2 is 2.12 bits per heavy atom. The number of unbranched alkanes of at least 4 members (excludes halogenated alkanes) is 1. The first-order valence-corrected chi connectivity index (χ1v) is 6.44. The molecule has 1 N–H and O–H groups in total. The summed E-state index contributed by atoms with van der Waals surface area (Å²) in [4.78, 5) is 2.56. The summed E-state index contributed by atoms with van der Waals surface area (Å²) in [6.07, 6.45) is 3.92. The maximum Gasteiger partial charge on any atom is 0.0415 e. The minimum absolute atomic E-state index is 0.677. The summed E-state index contributed by atoms with van der Waals surface area (Å²) in [5, 5.41) is 3.50. The van der Waals surface area contributed by atoms with Crippen molar-refractivity contribution in [1.82, 2.24) is 5.32 Å². The zero-order chi connectivity index (χ0) is 11.2. The molecule has 2 rings (SSSR count). The molecule has 1 aromatic rings. The van der Waals surface area contributed by atoms with Gasteiger partial charge in [0, 0.05) is 31.4 Å². The standard InChI is InChI=1S/C14H22N2/c1-2-3-7-14-12-15-10-11-16(14)13-8-5-4-6-9-13/h4-6,8-9,14-15H,2-3,7,10-12H2,1H3. The van der Waals surface area contributed by atoms with Crippen molar-refractivity contribution in [1.29, 1.82) is 0 Å². The van der Waals surface area contributed by atoms with Crippen LogP contribution in [-0.2, 0) is 0 Å². The van der Waals surface area contributed by atoms with Crippen molar-refractivity contribution < 1.29 is 0 Å². The molecule has 0 amide bonds. The number of benzene rings is 1. The van der Waals surface area contributed by atoms with Crippen molar-refractivity contribution in [2.45, 2.75) is 32.2 Å². The quantitative estimate of drug-likeness (QED) is 0.836. The van der Waals surface area contributed by atoms with Gasteiger partial charge in [-0.1, -0.05) is 38.0 Å². The predicted molar refractivity (Wildman–Crippen MR) is 70.0 cm³/mol. The van der Waals surface area contributed by atoms with E-state index in [4.69, 9.17) is 0 Å². The molecule has 2 heteroatoms. The number of nitrogens with one attached hydrogen (secondary N) is 1. The van der Waals surface area contributed by atoms with E-state index in [0.29, 0.717) is 6.04 Å². The van der Waals surface area contributed by atoms with Gasteiger partial charge in [0.1, 0.15) is 0 Å². The Morgan fingerprint density at radius 1 is 1.31 bits per heavy atom. The van der Waals surface area contributed by atoms with E-state index in [1.807, 2.05) is 0 Å². The zero-order valence-electron chi connectivity index (χ0n) is 10.2. The number of piperazine rings is 1. The molecule has 1 heterocycles. The first-order chi connectivity index (χ1) is 7.92. The molecule has 0 saturated carbocycles. The van der Waals surface area contributed by atoms with Crippen LogP contribution in [-0.4, -0.2) is 25.7 Å². The molecule has 1 saturated heterocycles. The molecule has 1 fully saturated rings. The van der Waals surface area contributed by atoms with Gasteiger partial charge < -0.3 is 10.2 Å². The normalized spacial score (nSPS) is 21.1. The Labute approximate surface area is 98.7 Å². The minimum Gasteiger partial charge on any atom is -0.366 e. The van der Waals surface area contributed by atoms with E-state index in [1.54, 1.807) is 0 Å². The highest BCUT2D eigenvalue weighted by atomic mass is 15.2. The van der Waals surface area contributed by atoms with Crippen LogP contribution in [0.4, 0.5) is 5.69 Å². The largest absolute Gasteiger partial charge is 0.366 e. The van der Waals surface area contributed by atoms with Gasteiger partial charge in [0.2, 0.25) is 0 Å². The smallest absolute Gasteiger partial charge is 0.0415 e. The topological polar surface area (TPSA) is 15.3 Å². The minimum atomic E-state index is 0.677. The van der Waals surface area contributed by atoms with Gasteiger partial charge in [0.05, 0.1) is 0 Å². The Hall–Kier alpha value is -1.02. The fourth-order valence-electron chi connectivity index (χ4n) is 2.42. The lowest BCUT2D eigenvalue weighted by atomic mass is 10.1. The molecule has 0 radical (unpaired) electrons. The fraction of sp³-hybridized carbons (Fsp3) is 0.571. The second-order valence-corrected chi connectivity index (χ2v) is 4.53. The predicted octanol–water partition coefficient (Wildman–Crippen LogP) is 2.66. The van der Waals surface area contributed by atoms with Crippen LogP contribution in [0.15, 0.2) is 30.3 Å². The molecule has 1 aromatic carbocycles. The molecule has 1 aliphatic heterocycles.